The third-order valence-corrected chi connectivity index (χ3v) is 15.3. The predicted octanol–water partition coefficient (Wildman–Crippen LogP) is 18.8. The smallest absolute Gasteiger partial charge is 0.0714 e. The van der Waals surface area contributed by atoms with E-state index in [2.05, 4.69) is 301 Å². The van der Waals surface area contributed by atoms with E-state index in [1.54, 1.807) is 0 Å². The Balaban J connectivity index is 0.877. The topological polar surface area (TPSA) is 8.17 Å². The van der Waals surface area contributed by atoms with Crippen LogP contribution < -0.4 is 4.90 Å². The number of hydrogen-bond acceptors (Lipinski definition) is 1. The van der Waals surface area contributed by atoms with Gasteiger partial charge in [0, 0.05) is 33.4 Å². The van der Waals surface area contributed by atoms with Crippen LogP contribution in [0.3, 0.4) is 0 Å². The van der Waals surface area contributed by atoms with Crippen molar-refractivity contribution in [3.05, 3.63) is 313 Å². The van der Waals surface area contributed by atoms with Crippen molar-refractivity contribution < 1.29 is 0 Å². The molecule has 0 amide bonds. The number of rotatable bonds is 9. The standard InChI is InChI=1S/C71H48N2/c1-3-20-54(21-4-1)71(55-22-5-2-6-23-55)66-30-13-9-26-62(66)63-47-46-58(48-67(63)71)72(57-44-40-52(41-45-57)60-29-17-19-51-18-7-8-24-59(51)60)56-42-38-50(39-43-56)49-34-36-53(37-35-49)61-25-10-14-31-68(61)73-69-32-15-11-27-64(69)65-28-12-16-33-70(65)73/h1-48H. The number of para-hydroxylation sites is 3. The molecule has 2 heteroatoms. The van der Waals surface area contributed by atoms with Crippen LogP contribution in [0.1, 0.15) is 22.3 Å². The summed E-state index contributed by atoms with van der Waals surface area (Å²) in [5.74, 6) is 0. The molecule has 0 fully saturated rings. The molecular formula is C71H48N2. The summed E-state index contributed by atoms with van der Waals surface area (Å²) in [6.45, 7) is 0. The van der Waals surface area contributed by atoms with Crippen molar-refractivity contribution in [2.75, 3.05) is 4.90 Å². The minimum Gasteiger partial charge on any atom is -0.310 e. The number of benzene rings is 12. The van der Waals surface area contributed by atoms with Crippen molar-refractivity contribution in [3.63, 3.8) is 0 Å². The Morgan fingerprint density at radius 2 is 0.712 bits per heavy atom. The Kier molecular flexibility index (Phi) is 10.1. The van der Waals surface area contributed by atoms with Gasteiger partial charge in [-0.2, -0.15) is 0 Å². The molecule has 14 rings (SSSR count). The molecule has 73 heavy (non-hydrogen) atoms. The van der Waals surface area contributed by atoms with Gasteiger partial charge in [-0.15, -0.1) is 0 Å². The van der Waals surface area contributed by atoms with E-state index in [0.717, 1.165) is 22.6 Å². The lowest BCUT2D eigenvalue weighted by Gasteiger charge is -2.35. The first-order valence-electron chi connectivity index (χ1n) is 25.2. The fraction of sp³-hybridized carbons (Fsp3) is 0.0141. The molecule has 0 aliphatic heterocycles. The second kappa shape index (κ2) is 17.4. The summed E-state index contributed by atoms with van der Waals surface area (Å²) in [4.78, 5) is 2.43. The molecule has 1 aliphatic carbocycles. The summed E-state index contributed by atoms with van der Waals surface area (Å²) in [7, 11) is 0. The van der Waals surface area contributed by atoms with Crippen molar-refractivity contribution in [2.45, 2.75) is 5.41 Å². The monoisotopic (exact) mass is 928 g/mol. The van der Waals surface area contributed by atoms with Crippen molar-refractivity contribution in [1.82, 2.24) is 4.57 Å². The van der Waals surface area contributed by atoms with Gasteiger partial charge >= 0.3 is 0 Å². The van der Waals surface area contributed by atoms with Crippen LogP contribution in [0, 0.1) is 0 Å². The maximum absolute atomic E-state index is 2.46. The third kappa shape index (κ3) is 6.87. The van der Waals surface area contributed by atoms with Crippen molar-refractivity contribution in [3.8, 4) is 50.2 Å². The third-order valence-electron chi connectivity index (χ3n) is 15.3. The molecule has 0 atom stereocenters. The van der Waals surface area contributed by atoms with E-state index in [1.165, 1.54) is 99.5 Å². The van der Waals surface area contributed by atoms with Gasteiger partial charge in [0.25, 0.3) is 0 Å². The van der Waals surface area contributed by atoms with Gasteiger partial charge in [-0.3, -0.25) is 0 Å². The molecule has 2 nitrogen and oxygen atoms in total. The second-order valence-corrected chi connectivity index (χ2v) is 19.2. The van der Waals surface area contributed by atoms with Crippen LogP contribution in [0.15, 0.2) is 291 Å². The summed E-state index contributed by atoms with van der Waals surface area (Å²) in [6, 6.07) is 107. The van der Waals surface area contributed by atoms with E-state index in [0.29, 0.717) is 0 Å². The quantitative estimate of drug-likeness (QED) is 0.140. The van der Waals surface area contributed by atoms with Gasteiger partial charge < -0.3 is 9.47 Å². The predicted molar refractivity (Wildman–Crippen MR) is 307 cm³/mol. The first-order valence-corrected chi connectivity index (χ1v) is 25.2. The van der Waals surface area contributed by atoms with E-state index in [4.69, 9.17) is 0 Å². The fourth-order valence-corrected chi connectivity index (χ4v) is 12.0. The molecule has 0 radical (unpaired) electrons. The van der Waals surface area contributed by atoms with E-state index < -0.39 is 5.41 Å². The Morgan fingerprint density at radius 3 is 1.37 bits per heavy atom. The zero-order valence-electron chi connectivity index (χ0n) is 40.1. The molecule has 0 spiro atoms. The lowest BCUT2D eigenvalue weighted by atomic mass is 9.67. The van der Waals surface area contributed by atoms with Gasteiger partial charge in [0.1, 0.15) is 0 Å². The maximum Gasteiger partial charge on any atom is 0.0714 e. The van der Waals surface area contributed by atoms with Crippen molar-refractivity contribution in [2.24, 2.45) is 0 Å². The summed E-state index contributed by atoms with van der Waals surface area (Å²) >= 11 is 0. The van der Waals surface area contributed by atoms with E-state index >= 15 is 0 Å². The first kappa shape index (κ1) is 42.4. The van der Waals surface area contributed by atoms with Crippen LogP contribution in [0.4, 0.5) is 17.1 Å². The highest BCUT2D eigenvalue weighted by molar-refractivity contribution is 6.10. The van der Waals surface area contributed by atoms with E-state index in [-0.39, 0.29) is 0 Å². The van der Waals surface area contributed by atoms with Crippen LogP contribution in [0.5, 0.6) is 0 Å². The SMILES string of the molecule is c1ccc(C2(c3ccccc3)c3ccccc3-c3ccc(N(c4ccc(-c5ccc(-c6ccccc6-n6c7ccccc7c7ccccc76)cc5)cc4)c4ccc(-c5cccc6ccccc56)cc4)cc32)cc1. The summed E-state index contributed by atoms with van der Waals surface area (Å²) in [5, 5.41) is 5.01. The van der Waals surface area contributed by atoms with E-state index in [1.807, 2.05) is 0 Å². The zero-order valence-corrected chi connectivity index (χ0v) is 40.1. The molecule has 12 aromatic carbocycles. The Morgan fingerprint density at radius 1 is 0.274 bits per heavy atom. The van der Waals surface area contributed by atoms with Crippen LogP contribution in [-0.4, -0.2) is 4.57 Å². The van der Waals surface area contributed by atoms with Gasteiger partial charge in [0.2, 0.25) is 0 Å². The molecular weight excluding hydrogens is 881 g/mol. The number of hydrogen-bond donors (Lipinski definition) is 0. The number of aromatic nitrogens is 1. The molecule has 0 bridgehead atoms. The van der Waals surface area contributed by atoms with E-state index in [9.17, 15) is 0 Å². The maximum atomic E-state index is 2.46. The summed E-state index contributed by atoms with van der Waals surface area (Å²) < 4.78 is 2.42. The summed E-state index contributed by atoms with van der Waals surface area (Å²) in [6.07, 6.45) is 0. The van der Waals surface area contributed by atoms with Crippen LogP contribution >= 0.6 is 0 Å². The Hall–Kier alpha value is -9.50. The molecule has 0 saturated heterocycles. The van der Waals surface area contributed by atoms with Gasteiger partial charge in [-0.1, -0.05) is 237 Å². The van der Waals surface area contributed by atoms with Gasteiger partial charge in [0.05, 0.1) is 22.1 Å². The minimum absolute atomic E-state index is 0.520. The average molecular weight is 929 g/mol. The minimum atomic E-state index is -0.520. The first-order chi connectivity index (χ1) is 36.2. The molecule has 0 unspecified atom stereocenters. The highest BCUT2D eigenvalue weighted by Crippen LogP contribution is 2.57. The molecule has 1 aliphatic rings. The Bertz CT molecular complexity index is 4070. The van der Waals surface area contributed by atoms with Crippen LogP contribution in [0.2, 0.25) is 0 Å². The second-order valence-electron chi connectivity index (χ2n) is 19.2. The molecule has 13 aromatic rings. The molecule has 342 valence electrons. The summed E-state index contributed by atoms with van der Waals surface area (Å²) in [5.41, 5.74) is 21.1. The lowest BCUT2D eigenvalue weighted by Crippen LogP contribution is -2.28. The van der Waals surface area contributed by atoms with Crippen LogP contribution in [0.25, 0.3) is 82.8 Å². The largest absolute Gasteiger partial charge is 0.310 e. The number of fused-ring (bicyclic) bond motifs is 7. The van der Waals surface area contributed by atoms with Crippen molar-refractivity contribution >= 4 is 49.6 Å². The average Bonchev–Trinajstić information content (AvgIpc) is 3.97. The number of nitrogens with zero attached hydrogens (tertiary/aromatic N) is 2. The Labute approximate surface area is 426 Å². The highest BCUT2D eigenvalue weighted by Gasteiger charge is 2.46. The fourth-order valence-electron chi connectivity index (χ4n) is 12.0. The highest BCUT2D eigenvalue weighted by atomic mass is 15.1. The van der Waals surface area contributed by atoms with Gasteiger partial charge in [-0.25, -0.2) is 0 Å². The van der Waals surface area contributed by atoms with Crippen molar-refractivity contribution in [1.29, 1.82) is 0 Å². The van der Waals surface area contributed by atoms with Gasteiger partial charge in [0.15, 0.2) is 0 Å². The molecule has 0 saturated carbocycles. The number of anilines is 3. The molecule has 1 aromatic heterocycles. The zero-order chi connectivity index (χ0) is 48.3. The normalized spacial score (nSPS) is 12.5. The van der Waals surface area contributed by atoms with Crippen LogP contribution in [-0.2, 0) is 5.41 Å². The van der Waals surface area contributed by atoms with Gasteiger partial charge in [-0.05, 0) is 127 Å². The lowest BCUT2D eigenvalue weighted by molar-refractivity contribution is 0.768. The molecule has 1 heterocycles. The molecule has 0 N–H and O–H groups in total.